The van der Waals surface area contributed by atoms with Crippen LogP contribution in [-0.2, 0) is 4.79 Å². The van der Waals surface area contributed by atoms with E-state index in [0.717, 1.165) is 28.3 Å². The minimum absolute atomic E-state index is 0.0296. The average Bonchev–Trinajstić information content (AvgIpc) is 2.59. The fourth-order valence-corrected chi connectivity index (χ4v) is 2.36. The molecule has 0 aliphatic heterocycles. The first-order chi connectivity index (χ1) is 11.5. The molecule has 128 valence electrons. The minimum Gasteiger partial charge on any atom is -0.497 e. The fraction of sp³-hybridized carbons (Fsp3) is 0.316. The lowest BCUT2D eigenvalue weighted by molar-refractivity contribution is -0.115. The second kappa shape index (κ2) is 8.24. The van der Waals surface area contributed by atoms with E-state index in [2.05, 4.69) is 10.6 Å². The Bertz CT molecular complexity index is 714. The van der Waals surface area contributed by atoms with Crippen molar-refractivity contribution in [3.8, 4) is 11.5 Å². The first kappa shape index (κ1) is 17.7. The highest BCUT2D eigenvalue weighted by Crippen LogP contribution is 2.28. The van der Waals surface area contributed by atoms with Gasteiger partial charge < -0.3 is 20.1 Å². The zero-order chi connectivity index (χ0) is 17.5. The van der Waals surface area contributed by atoms with Crippen LogP contribution in [-0.4, -0.2) is 26.7 Å². The van der Waals surface area contributed by atoms with Crippen molar-refractivity contribution < 1.29 is 14.3 Å². The number of benzene rings is 2. The third-order valence-electron chi connectivity index (χ3n) is 3.95. The van der Waals surface area contributed by atoms with Crippen LogP contribution in [0.15, 0.2) is 36.4 Å². The summed E-state index contributed by atoms with van der Waals surface area (Å²) in [6.45, 7) is 4.53. The highest BCUT2D eigenvalue weighted by Gasteiger charge is 2.08. The number of rotatable bonds is 7. The molecule has 0 aliphatic carbocycles. The second-order valence-corrected chi connectivity index (χ2v) is 5.54. The average molecular weight is 328 g/mol. The number of carbonyl (C=O) groups is 1. The SMILES string of the molecule is COc1ccc(OC)c(NCCC(=O)Nc2cccc(C)c2C)c1. The number of hydrogen-bond acceptors (Lipinski definition) is 4. The number of amides is 1. The summed E-state index contributed by atoms with van der Waals surface area (Å²) in [5, 5.41) is 6.17. The van der Waals surface area contributed by atoms with Crippen molar-refractivity contribution in [1.29, 1.82) is 0 Å². The van der Waals surface area contributed by atoms with E-state index >= 15 is 0 Å². The fourth-order valence-electron chi connectivity index (χ4n) is 2.36. The number of carbonyl (C=O) groups excluding carboxylic acids is 1. The summed E-state index contributed by atoms with van der Waals surface area (Å²) >= 11 is 0. The summed E-state index contributed by atoms with van der Waals surface area (Å²) in [7, 11) is 3.23. The smallest absolute Gasteiger partial charge is 0.226 e. The molecular weight excluding hydrogens is 304 g/mol. The van der Waals surface area contributed by atoms with Crippen molar-refractivity contribution in [2.24, 2.45) is 0 Å². The van der Waals surface area contributed by atoms with Gasteiger partial charge >= 0.3 is 0 Å². The van der Waals surface area contributed by atoms with Gasteiger partial charge in [-0.1, -0.05) is 12.1 Å². The Hall–Kier alpha value is -2.69. The first-order valence-electron chi connectivity index (χ1n) is 7.87. The minimum atomic E-state index is -0.0296. The van der Waals surface area contributed by atoms with Crippen LogP contribution in [0.25, 0.3) is 0 Å². The molecule has 5 heteroatoms. The number of methoxy groups -OCH3 is 2. The van der Waals surface area contributed by atoms with Gasteiger partial charge in [-0.25, -0.2) is 0 Å². The molecule has 2 aromatic rings. The van der Waals surface area contributed by atoms with Crippen LogP contribution in [0.1, 0.15) is 17.5 Å². The molecule has 2 rings (SSSR count). The van der Waals surface area contributed by atoms with Crippen LogP contribution >= 0.6 is 0 Å². The lowest BCUT2D eigenvalue weighted by atomic mass is 10.1. The molecule has 1 amide bonds. The van der Waals surface area contributed by atoms with E-state index in [4.69, 9.17) is 9.47 Å². The summed E-state index contributed by atoms with van der Waals surface area (Å²) in [6.07, 6.45) is 0.355. The Morgan fingerprint density at radius 1 is 1.04 bits per heavy atom. The predicted molar refractivity (Wildman–Crippen MR) is 97.2 cm³/mol. The van der Waals surface area contributed by atoms with E-state index < -0.39 is 0 Å². The van der Waals surface area contributed by atoms with E-state index in [1.165, 1.54) is 0 Å². The molecule has 24 heavy (non-hydrogen) atoms. The number of nitrogens with one attached hydrogen (secondary N) is 2. The largest absolute Gasteiger partial charge is 0.497 e. The Morgan fingerprint density at radius 3 is 2.54 bits per heavy atom. The molecule has 0 saturated heterocycles. The second-order valence-electron chi connectivity index (χ2n) is 5.54. The van der Waals surface area contributed by atoms with Crippen molar-refractivity contribution in [2.45, 2.75) is 20.3 Å². The van der Waals surface area contributed by atoms with Crippen LogP contribution in [0.4, 0.5) is 11.4 Å². The van der Waals surface area contributed by atoms with Gasteiger partial charge in [-0.05, 0) is 43.2 Å². The molecule has 0 unspecified atom stereocenters. The molecule has 0 saturated carbocycles. The van der Waals surface area contributed by atoms with Gasteiger partial charge in [0.1, 0.15) is 11.5 Å². The van der Waals surface area contributed by atoms with E-state index in [0.29, 0.717) is 18.7 Å². The third kappa shape index (κ3) is 4.41. The van der Waals surface area contributed by atoms with E-state index in [9.17, 15) is 4.79 Å². The number of ether oxygens (including phenoxy) is 2. The molecule has 0 aromatic heterocycles. The first-order valence-corrected chi connectivity index (χ1v) is 7.87. The van der Waals surface area contributed by atoms with Gasteiger partial charge in [0, 0.05) is 24.7 Å². The summed E-state index contributed by atoms with van der Waals surface area (Å²) in [5.74, 6) is 1.42. The summed E-state index contributed by atoms with van der Waals surface area (Å²) in [5.41, 5.74) is 3.91. The standard InChI is InChI=1S/C19H24N2O3/c1-13-6-5-7-16(14(13)2)21-19(22)10-11-20-17-12-15(23-3)8-9-18(17)24-4/h5-9,12,20H,10-11H2,1-4H3,(H,21,22). The number of hydrogen-bond donors (Lipinski definition) is 2. The maximum absolute atomic E-state index is 12.1. The molecule has 0 bridgehead atoms. The summed E-state index contributed by atoms with van der Waals surface area (Å²) in [4.78, 5) is 12.1. The van der Waals surface area contributed by atoms with Crippen molar-refractivity contribution in [3.05, 3.63) is 47.5 Å². The lowest BCUT2D eigenvalue weighted by Crippen LogP contribution is -2.17. The van der Waals surface area contributed by atoms with Crippen LogP contribution in [0.5, 0.6) is 11.5 Å². The maximum atomic E-state index is 12.1. The maximum Gasteiger partial charge on any atom is 0.226 e. The van der Waals surface area contributed by atoms with Crippen molar-refractivity contribution in [1.82, 2.24) is 0 Å². The summed E-state index contributed by atoms with van der Waals surface area (Å²) in [6, 6.07) is 11.4. The lowest BCUT2D eigenvalue weighted by Gasteiger charge is -2.13. The highest BCUT2D eigenvalue weighted by atomic mass is 16.5. The van der Waals surface area contributed by atoms with Crippen molar-refractivity contribution in [3.63, 3.8) is 0 Å². The van der Waals surface area contributed by atoms with Crippen LogP contribution in [0, 0.1) is 13.8 Å². The molecular formula is C19H24N2O3. The molecule has 5 nitrogen and oxygen atoms in total. The Labute approximate surface area is 143 Å². The molecule has 0 heterocycles. The molecule has 0 fully saturated rings. The predicted octanol–water partition coefficient (Wildman–Crippen LogP) is 3.76. The van der Waals surface area contributed by atoms with Crippen molar-refractivity contribution >= 4 is 17.3 Å². The molecule has 0 spiro atoms. The van der Waals surface area contributed by atoms with E-state index in [-0.39, 0.29) is 5.91 Å². The Balaban J connectivity index is 1.92. The van der Waals surface area contributed by atoms with Gasteiger partial charge in [-0.2, -0.15) is 0 Å². The normalized spacial score (nSPS) is 10.2. The van der Waals surface area contributed by atoms with E-state index in [1.807, 2.05) is 50.2 Å². The number of aryl methyl sites for hydroxylation is 1. The number of anilines is 2. The zero-order valence-electron chi connectivity index (χ0n) is 14.6. The van der Waals surface area contributed by atoms with Crippen molar-refractivity contribution in [2.75, 3.05) is 31.4 Å². The van der Waals surface area contributed by atoms with Gasteiger partial charge in [0.15, 0.2) is 0 Å². The van der Waals surface area contributed by atoms with Gasteiger partial charge in [0.25, 0.3) is 0 Å². The van der Waals surface area contributed by atoms with Crippen LogP contribution < -0.4 is 20.1 Å². The Morgan fingerprint density at radius 2 is 1.83 bits per heavy atom. The summed E-state index contributed by atoms with van der Waals surface area (Å²) < 4.78 is 10.5. The van der Waals surface area contributed by atoms with Gasteiger partial charge in [-0.3, -0.25) is 4.79 Å². The zero-order valence-corrected chi connectivity index (χ0v) is 14.6. The molecule has 0 aliphatic rings. The van der Waals surface area contributed by atoms with E-state index in [1.54, 1.807) is 14.2 Å². The Kier molecular flexibility index (Phi) is 6.07. The quantitative estimate of drug-likeness (QED) is 0.812. The topological polar surface area (TPSA) is 59.6 Å². The monoisotopic (exact) mass is 328 g/mol. The van der Waals surface area contributed by atoms with Gasteiger partial charge in [0.05, 0.1) is 19.9 Å². The third-order valence-corrected chi connectivity index (χ3v) is 3.95. The molecule has 0 atom stereocenters. The van der Waals surface area contributed by atoms with Crippen LogP contribution in [0.3, 0.4) is 0 Å². The van der Waals surface area contributed by atoms with Gasteiger partial charge in [-0.15, -0.1) is 0 Å². The molecule has 2 N–H and O–H groups in total. The molecule has 0 radical (unpaired) electrons. The molecule has 2 aromatic carbocycles. The highest BCUT2D eigenvalue weighted by molar-refractivity contribution is 5.92. The van der Waals surface area contributed by atoms with Crippen LogP contribution in [0.2, 0.25) is 0 Å². The van der Waals surface area contributed by atoms with Gasteiger partial charge in [0.2, 0.25) is 5.91 Å².